The minimum Gasteiger partial charge on any atom is -0.465 e. The minimum atomic E-state index is -0.561. The van der Waals surface area contributed by atoms with E-state index in [0.29, 0.717) is 24.4 Å². The molecular weight excluding hydrogens is 325 g/mol. The summed E-state index contributed by atoms with van der Waals surface area (Å²) in [5.74, 6) is -1.19. The van der Waals surface area contributed by atoms with Crippen LogP contribution in [0, 0.1) is 5.82 Å². The second-order valence-electron chi connectivity index (χ2n) is 6.11. The smallest absolute Gasteiger partial charge is 0.340 e. The fourth-order valence-corrected chi connectivity index (χ4v) is 3.17. The minimum absolute atomic E-state index is 0.0250. The number of ether oxygens (including phenoxy) is 2. The van der Waals surface area contributed by atoms with Crippen LogP contribution in [0.3, 0.4) is 0 Å². The molecule has 132 valence electrons. The first-order valence-electron chi connectivity index (χ1n) is 8.21. The average Bonchev–Trinajstić information content (AvgIpc) is 3.19. The highest BCUT2D eigenvalue weighted by molar-refractivity contribution is 6.16. The molecule has 1 atom stereocenters. The average molecular weight is 345 g/mol. The van der Waals surface area contributed by atoms with Crippen molar-refractivity contribution in [1.29, 1.82) is 0 Å². The van der Waals surface area contributed by atoms with Crippen LogP contribution in [0.4, 0.5) is 4.39 Å². The Bertz CT molecular complexity index is 745. The highest BCUT2D eigenvalue weighted by Gasteiger charge is 2.38. The molecule has 3 rings (SSSR count). The van der Waals surface area contributed by atoms with E-state index in [1.54, 1.807) is 30.0 Å². The molecule has 1 amide bonds. The Morgan fingerprint density at radius 2 is 2.12 bits per heavy atom. The Morgan fingerprint density at radius 1 is 1.40 bits per heavy atom. The summed E-state index contributed by atoms with van der Waals surface area (Å²) in [6, 6.07) is 5.74. The number of halogens is 1. The van der Waals surface area contributed by atoms with Crippen LogP contribution < -0.4 is 0 Å². The molecule has 2 heterocycles. The molecule has 6 heteroatoms. The summed E-state index contributed by atoms with van der Waals surface area (Å²) >= 11 is 0. The lowest BCUT2D eigenvalue weighted by molar-refractivity contribution is -0.136. The molecule has 25 heavy (non-hydrogen) atoms. The van der Waals surface area contributed by atoms with Gasteiger partial charge in [0.1, 0.15) is 5.82 Å². The molecule has 1 fully saturated rings. The molecule has 0 N–H and O–H groups in total. The largest absolute Gasteiger partial charge is 0.465 e. The third kappa shape index (κ3) is 3.49. The molecule has 1 saturated heterocycles. The van der Waals surface area contributed by atoms with Gasteiger partial charge in [-0.2, -0.15) is 0 Å². The van der Waals surface area contributed by atoms with Crippen molar-refractivity contribution in [3.05, 3.63) is 52.5 Å². The SMILES string of the molecule is COC(=O)C1=C(C)N(CC2CCCO2)C(=O)C1=Cc1ccc(F)cc1. The molecule has 1 aromatic rings. The zero-order valence-corrected chi connectivity index (χ0v) is 14.3. The third-order valence-corrected chi connectivity index (χ3v) is 4.49. The van der Waals surface area contributed by atoms with Crippen molar-refractivity contribution < 1.29 is 23.5 Å². The zero-order valence-electron chi connectivity index (χ0n) is 14.3. The van der Waals surface area contributed by atoms with E-state index in [1.165, 1.54) is 19.2 Å². The van der Waals surface area contributed by atoms with E-state index < -0.39 is 5.97 Å². The van der Waals surface area contributed by atoms with Crippen LogP contribution in [0.2, 0.25) is 0 Å². The molecule has 0 spiro atoms. The van der Waals surface area contributed by atoms with Gasteiger partial charge in [0.2, 0.25) is 0 Å². The second-order valence-corrected chi connectivity index (χ2v) is 6.11. The van der Waals surface area contributed by atoms with E-state index in [4.69, 9.17) is 9.47 Å². The Hall–Kier alpha value is -2.47. The first-order chi connectivity index (χ1) is 12.0. The molecular formula is C19H20FNO4. The molecule has 0 radical (unpaired) electrons. The molecule has 2 aliphatic heterocycles. The van der Waals surface area contributed by atoms with Crippen LogP contribution >= 0.6 is 0 Å². The molecule has 0 bridgehead atoms. The third-order valence-electron chi connectivity index (χ3n) is 4.49. The molecule has 1 aromatic carbocycles. The highest BCUT2D eigenvalue weighted by atomic mass is 19.1. The lowest BCUT2D eigenvalue weighted by Gasteiger charge is -2.21. The number of benzene rings is 1. The summed E-state index contributed by atoms with van der Waals surface area (Å²) in [6.45, 7) is 2.83. The first kappa shape index (κ1) is 17.4. The van der Waals surface area contributed by atoms with E-state index in [2.05, 4.69) is 0 Å². The van der Waals surface area contributed by atoms with Crippen molar-refractivity contribution >= 4 is 18.0 Å². The van der Waals surface area contributed by atoms with E-state index in [9.17, 15) is 14.0 Å². The van der Waals surface area contributed by atoms with Crippen molar-refractivity contribution in [2.45, 2.75) is 25.9 Å². The van der Waals surface area contributed by atoms with Gasteiger partial charge in [0.25, 0.3) is 5.91 Å². The van der Waals surface area contributed by atoms with Crippen LogP contribution in [0.1, 0.15) is 25.3 Å². The first-order valence-corrected chi connectivity index (χ1v) is 8.21. The van der Waals surface area contributed by atoms with Gasteiger partial charge in [0, 0.05) is 12.3 Å². The number of nitrogens with zero attached hydrogens (tertiary/aromatic N) is 1. The lowest BCUT2D eigenvalue weighted by atomic mass is 10.0. The van der Waals surface area contributed by atoms with Gasteiger partial charge in [0.05, 0.1) is 30.9 Å². The van der Waals surface area contributed by atoms with Crippen LogP contribution in [-0.2, 0) is 19.1 Å². The molecule has 0 aliphatic carbocycles. The highest BCUT2D eigenvalue weighted by Crippen LogP contribution is 2.32. The molecule has 5 nitrogen and oxygen atoms in total. The second kappa shape index (κ2) is 7.19. The number of rotatable bonds is 4. The Balaban J connectivity index is 1.96. The predicted octanol–water partition coefficient (Wildman–Crippen LogP) is 2.68. The zero-order chi connectivity index (χ0) is 18.0. The number of hydrogen-bond acceptors (Lipinski definition) is 4. The van der Waals surface area contributed by atoms with Crippen molar-refractivity contribution in [2.24, 2.45) is 0 Å². The van der Waals surface area contributed by atoms with Gasteiger partial charge < -0.3 is 14.4 Å². The summed E-state index contributed by atoms with van der Waals surface area (Å²) in [5, 5.41) is 0. The Morgan fingerprint density at radius 3 is 2.72 bits per heavy atom. The van der Waals surface area contributed by atoms with Gasteiger partial charge in [-0.15, -0.1) is 0 Å². The van der Waals surface area contributed by atoms with E-state index >= 15 is 0 Å². The van der Waals surface area contributed by atoms with Crippen LogP contribution in [0.5, 0.6) is 0 Å². The number of esters is 1. The molecule has 1 unspecified atom stereocenters. The monoisotopic (exact) mass is 345 g/mol. The number of carbonyl (C=O) groups is 2. The number of allylic oxidation sites excluding steroid dienone is 1. The standard InChI is InChI=1S/C19H20FNO4/c1-12-17(19(23)24-2)16(10-13-5-7-14(20)8-6-13)18(22)21(12)11-15-4-3-9-25-15/h5-8,10,15H,3-4,9,11H2,1-2H3. The fraction of sp³-hybridized carbons (Fsp3) is 0.368. The van der Waals surface area contributed by atoms with Gasteiger partial charge >= 0.3 is 5.97 Å². The van der Waals surface area contributed by atoms with Gasteiger partial charge in [-0.05, 0) is 43.5 Å². The number of hydrogen-bond donors (Lipinski definition) is 0. The van der Waals surface area contributed by atoms with Crippen molar-refractivity contribution in [2.75, 3.05) is 20.3 Å². The van der Waals surface area contributed by atoms with Crippen molar-refractivity contribution in [3.8, 4) is 0 Å². The topological polar surface area (TPSA) is 55.8 Å². The van der Waals surface area contributed by atoms with Gasteiger partial charge in [-0.3, -0.25) is 4.79 Å². The van der Waals surface area contributed by atoms with Crippen LogP contribution in [0.25, 0.3) is 6.08 Å². The van der Waals surface area contributed by atoms with Crippen molar-refractivity contribution in [1.82, 2.24) is 4.90 Å². The number of methoxy groups -OCH3 is 1. The fourth-order valence-electron chi connectivity index (χ4n) is 3.17. The molecule has 0 saturated carbocycles. The summed E-state index contributed by atoms with van der Waals surface area (Å²) in [7, 11) is 1.28. The van der Waals surface area contributed by atoms with E-state index in [1.807, 2.05) is 0 Å². The van der Waals surface area contributed by atoms with Crippen LogP contribution in [-0.4, -0.2) is 43.1 Å². The van der Waals surface area contributed by atoms with Gasteiger partial charge in [-0.25, -0.2) is 9.18 Å². The maximum Gasteiger partial charge on any atom is 0.340 e. The summed E-state index contributed by atoms with van der Waals surface area (Å²) < 4.78 is 23.6. The summed E-state index contributed by atoms with van der Waals surface area (Å²) in [6.07, 6.45) is 3.43. The lowest BCUT2D eigenvalue weighted by Crippen LogP contribution is -2.33. The van der Waals surface area contributed by atoms with Crippen molar-refractivity contribution in [3.63, 3.8) is 0 Å². The predicted molar refractivity (Wildman–Crippen MR) is 89.8 cm³/mol. The molecule has 0 aromatic heterocycles. The number of amides is 1. The van der Waals surface area contributed by atoms with Crippen LogP contribution in [0.15, 0.2) is 41.1 Å². The van der Waals surface area contributed by atoms with E-state index in [-0.39, 0.29) is 29.0 Å². The number of carbonyl (C=O) groups excluding carboxylic acids is 2. The van der Waals surface area contributed by atoms with Gasteiger partial charge in [-0.1, -0.05) is 12.1 Å². The van der Waals surface area contributed by atoms with Gasteiger partial charge in [0.15, 0.2) is 0 Å². The maximum absolute atomic E-state index is 13.1. The maximum atomic E-state index is 13.1. The normalized spacial score (nSPS) is 22.2. The van der Waals surface area contributed by atoms with E-state index in [0.717, 1.165) is 12.8 Å². The Labute approximate surface area is 145 Å². The summed E-state index contributed by atoms with van der Waals surface area (Å²) in [5.41, 5.74) is 1.70. The molecule has 2 aliphatic rings. The quantitative estimate of drug-likeness (QED) is 0.622. The summed E-state index contributed by atoms with van der Waals surface area (Å²) in [4.78, 5) is 26.7. The Kier molecular flexibility index (Phi) is 4.99.